The molecule has 0 fully saturated rings. The third-order valence-corrected chi connectivity index (χ3v) is 3.13. The number of carbonyl (C=O) groups excluding carboxylic acids is 1. The number of hydrogen-bond donors (Lipinski definition) is 0. The van der Waals surface area contributed by atoms with Gasteiger partial charge in [-0.3, -0.25) is 0 Å². The van der Waals surface area contributed by atoms with Gasteiger partial charge in [-0.05, 0) is 38.5 Å². The summed E-state index contributed by atoms with van der Waals surface area (Å²) in [6.45, 7) is 6.29. The summed E-state index contributed by atoms with van der Waals surface area (Å²) in [6.07, 6.45) is 0.789. The molecule has 1 heterocycles. The SMILES string of the molecule is CCOC(=O)c1cc(C)n(-c2ccccc2)c1CC. The van der Waals surface area contributed by atoms with Crippen molar-refractivity contribution >= 4 is 5.97 Å². The second-order valence-corrected chi connectivity index (χ2v) is 4.39. The van der Waals surface area contributed by atoms with Crippen LogP contribution < -0.4 is 0 Å². The number of esters is 1. The Hall–Kier alpha value is -2.03. The molecule has 100 valence electrons. The predicted molar refractivity (Wildman–Crippen MR) is 75.8 cm³/mol. The first-order valence-electron chi connectivity index (χ1n) is 6.62. The molecule has 3 heteroatoms. The predicted octanol–water partition coefficient (Wildman–Crippen LogP) is 3.52. The molecular weight excluding hydrogens is 238 g/mol. The van der Waals surface area contributed by atoms with E-state index < -0.39 is 0 Å². The molecule has 2 rings (SSSR count). The van der Waals surface area contributed by atoms with Crippen LogP contribution in [0.15, 0.2) is 36.4 Å². The maximum atomic E-state index is 12.0. The maximum absolute atomic E-state index is 12.0. The van der Waals surface area contributed by atoms with Crippen LogP contribution in [0.25, 0.3) is 5.69 Å². The van der Waals surface area contributed by atoms with Crippen molar-refractivity contribution in [2.75, 3.05) is 6.61 Å². The Morgan fingerprint density at radius 2 is 1.89 bits per heavy atom. The van der Waals surface area contributed by atoms with Gasteiger partial charge in [-0.15, -0.1) is 0 Å². The lowest BCUT2D eigenvalue weighted by Crippen LogP contribution is -2.09. The highest BCUT2D eigenvalue weighted by Crippen LogP contribution is 2.22. The summed E-state index contributed by atoms with van der Waals surface area (Å²) in [5.41, 5.74) is 3.80. The van der Waals surface area contributed by atoms with E-state index in [0.29, 0.717) is 12.2 Å². The smallest absolute Gasteiger partial charge is 0.339 e. The molecule has 0 atom stereocenters. The van der Waals surface area contributed by atoms with Gasteiger partial charge in [0.25, 0.3) is 0 Å². The first-order chi connectivity index (χ1) is 9.19. The van der Waals surface area contributed by atoms with Crippen molar-refractivity contribution in [3.63, 3.8) is 0 Å². The summed E-state index contributed by atoms with van der Waals surface area (Å²) in [5.74, 6) is -0.239. The fourth-order valence-corrected chi connectivity index (χ4v) is 2.36. The molecule has 0 unspecified atom stereocenters. The fourth-order valence-electron chi connectivity index (χ4n) is 2.36. The molecule has 0 N–H and O–H groups in total. The minimum absolute atomic E-state index is 0.239. The van der Waals surface area contributed by atoms with E-state index in [-0.39, 0.29) is 5.97 Å². The number of aromatic nitrogens is 1. The van der Waals surface area contributed by atoms with Crippen LogP contribution >= 0.6 is 0 Å². The van der Waals surface area contributed by atoms with Crippen LogP contribution in [0.5, 0.6) is 0 Å². The normalized spacial score (nSPS) is 10.5. The van der Waals surface area contributed by atoms with Gasteiger partial charge in [0, 0.05) is 17.1 Å². The first kappa shape index (κ1) is 13.4. The summed E-state index contributed by atoms with van der Waals surface area (Å²) >= 11 is 0. The van der Waals surface area contributed by atoms with Crippen LogP contribution in [0.1, 0.15) is 35.6 Å². The van der Waals surface area contributed by atoms with Crippen molar-refractivity contribution in [3.05, 3.63) is 53.3 Å². The molecule has 0 spiro atoms. The molecule has 0 aliphatic rings. The van der Waals surface area contributed by atoms with Crippen molar-refractivity contribution in [2.45, 2.75) is 27.2 Å². The van der Waals surface area contributed by atoms with Gasteiger partial charge in [-0.2, -0.15) is 0 Å². The largest absolute Gasteiger partial charge is 0.462 e. The number of para-hydroxylation sites is 1. The molecule has 0 saturated heterocycles. The maximum Gasteiger partial charge on any atom is 0.339 e. The first-order valence-corrected chi connectivity index (χ1v) is 6.62. The van der Waals surface area contributed by atoms with E-state index in [1.165, 1.54) is 0 Å². The number of ether oxygens (including phenoxy) is 1. The Morgan fingerprint density at radius 1 is 1.21 bits per heavy atom. The molecule has 0 aliphatic carbocycles. The Labute approximate surface area is 113 Å². The molecule has 2 aromatic rings. The van der Waals surface area contributed by atoms with Gasteiger partial charge in [0.15, 0.2) is 0 Å². The third kappa shape index (κ3) is 2.55. The molecule has 3 nitrogen and oxygen atoms in total. The number of aryl methyl sites for hydroxylation is 1. The van der Waals surface area contributed by atoms with Gasteiger partial charge in [0.2, 0.25) is 0 Å². The molecule has 1 aromatic heterocycles. The van der Waals surface area contributed by atoms with Gasteiger partial charge >= 0.3 is 5.97 Å². The monoisotopic (exact) mass is 257 g/mol. The minimum atomic E-state index is -0.239. The molecular formula is C16H19NO2. The average molecular weight is 257 g/mol. The lowest BCUT2D eigenvalue weighted by Gasteiger charge is -2.11. The summed E-state index contributed by atoms with van der Waals surface area (Å²) in [4.78, 5) is 12.0. The Morgan fingerprint density at radius 3 is 2.47 bits per heavy atom. The van der Waals surface area contributed by atoms with Crippen LogP contribution in [-0.4, -0.2) is 17.1 Å². The van der Waals surface area contributed by atoms with E-state index in [1.807, 2.05) is 50.2 Å². The van der Waals surface area contributed by atoms with Crippen LogP contribution in [-0.2, 0) is 11.2 Å². The van der Waals surface area contributed by atoms with Crippen LogP contribution in [0.2, 0.25) is 0 Å². The van der Waals surface area contributed by atoms with Crippen LogP contribution in [0.4, 0.5) is 0 Å². The van der Waals surface area contributed by atoms with E-state index in [1.54, 1.807) is 0 Å². The molecule has 0 bridgehead atoms. The molecule has 0 saturated carbocycles. The lowest BCUT2D eigenvalue weighted by atomic mass is 10.2. The van der Waals surface area contributed by atoms with Crippen LogP contribution in [0.3, 0.4) is 0 Å². The van der Waals surface area contributed by atoms with E-state index in [4.69, 9.17) is 4.74 Å². The van der Waals surface area contributed by atoms with Gasteiger partial charge in [0.05, 0.1) is 12.2 Å². The number of nitrogens with zero attached hydrogens (tertiary/aromatic N) is 1. The number of hydrogen-bond acceptors (Lipinski definition) is 2. The van der Waals surface area contributed by atoms with Crippen LogP contribution in [0, 0.1) is 6.92 Å². The highest BCUT2D eigenvalue weighted by Gasteiger charge is 2.18. The molecule has 0 radical (unpaired) electrons. The fraction of sp³-hybridized carbons (Fsp3) is 0.312. The summed E-state index contributed by atoms with van der Waals surface area (Å²) < 4.78 is 7.24. The van der Waals surface area contributed by atoms with Gasteiger partial charge < -0.3 is 9.30 Å². The zero-order valence-electron chi connectivity index (χ0n) is 11.6. The standard InChI is InChI=1S/C16H19NO2/c1-4-15-14(16(18)19-5-2)11-12(3)17(15)13-9-7-6-8-10-13/h6-11H,4-5H2,1-3H3. The Kier molecular flexibility index (Phi) is 4.05. The van der Waals surface area contributed by atoms with Gasteiger partial charge in [-0.25, -0.2) is 4.79 Å². The van der Waals surface area contributed by atoms with Crippen molar-refractivity contribution in [2.24, 2.45) is 0 Å². The van der Waals surface area contributed by atoms with Crippen molar-refractivity contribution < 1.29 is 9.53 Å². The Balaban J connectivity index is 2.54. The quantitative estimate of drug-likeness (QED) is 0.785. The van der Waals surface area contributed by atoms with Gasteiger partial charge in [0.1, 0.15) is 0 Å². The molecule has 0 aliphatic heterocycles. The average Bonchev–Trinajstić information content (AvgIpc) is 2.77. The van der Waals surface area contributed by atoms with Crippen molar-refractivity contribution in [1.29, 1.82) is 0 Å². The van der Waals surface area contributed by atoms with Gasteiger partial charge in [-0.1, -0.05) is 25.1 Å². The third-order valence-electron chi connectivity index (χ3n) is 3.13. The minimum Gasteiger partial charge on any atom is -0.462 e. The van der Waals surface area contributed by atoms with Crippen molar-refractivity contribution in [3.8, 4) is 5.69 Å². The molecule has 1 aromatic carbocycles. The summed E-state index contributed by atoms with van der Waals surface area (Å²) in [7, 11) is 0. The van der Waals surface area contributed by atoms with E-state index in [0.717, 1.165) is 23.5 Å². The van der Waals surface area contributed by atoms with E-state index >= 15 is 0 Å². The molecule has 19 heavy (non-hydrogen) atoms. The number of rotatable bonds is 4. The van der Waals surface area contributed by atoms with E-state index in [2.05, 4.69) is 11.5 Å². The second kappa shape index (κ2) is 5.74. The zero-order valence-corrected chi connectivity index (χ0v) is 11.6. The summed E-state index contributed by atoms with van der Waals surface area (Å²) in [6, 6.07) is 12.0. The zero-order chi connectivity index (χ0) is 13.8. The van der Waals surface area contributed by atoms with Crippen molar-refractivity contribution in [1.82, 2.24) is 4.57 Å². The topological polar surface area (TPSA) is 31.2 Å². The highest BCUT2D eigenvalue weighted by atomic mass is 16.5. The lowest BCUT2D eigenvalue weighted by molar-refractivity contribution is 0.0525. The highest BCUT2D eigenvalue weighted by molar-refractivity contribution is 5.91. The number of benzene rings is 1. The second-order valence-electron chi connectivity index (χ2n) is 4.39. The summed E-state index contributed by atoms with van der Waals surface area (Å²) in [5, 5.41) is 0. The van der Waals surface area contributed by atoms with E-state index in [9.17, 15) is 4.79 Å². The Bertz CT molecular complexity index is 570. The number of carbonyl (C=O) groups is 1. The molecule has 0 amide bonds.